The summed E-state index contributed by atoms with van der Waals surface area (Å²) in [4.78, 5) is 47.2. The molecule has 0 aliphatic heterocycles. The minimum absolute atomic E-state index is 0.242. The molecular formula is C29H32N4O5. The predicted molar refractivity (Wildman–Crippen MR) is 146 cm³/mol. The van der Waals surface area contributed by atoms with Crippen molar-refractivity contribution in [2.75, 3.05) is 5.32 Å². The van der Waals surface area contributed by atoms with Gasteiger partial charge in [-0.15, -0.1) is 4.99 Å². The lowest BCUT2D eigenvalue weighted by Gasteiger charge is -2.22. The lowest BCUT2D eigenvalue weighted by atomic mass is 9.99. The maximum atomic E-state index is 13.5. The molecule has 0 saturated heterocycles. The van der Waals surface area contributed by atoms with Crippen LogP contribution in [-0.4, -0.2) is 40.1 Å². The van der Waals surface area contributed by atoms with Crippen LogP contribution in [0.3, 0.4) is 0 Å². The van der Waals surface area contributed by atoms with E-state index in [4.69, 9.17) is 9.47 Å². The topological polar surface area (TPSA) is 119 Å². The van der Waals surface area contributed by atoms with Crippen LogP contribution in [0.25, 0.3) is 11.3 Å². The Balaban J connectivity index is 2.13. The molecule has 1 aromatic heterocycles. The number of pyridine rings is 1. The fourth-order valence-electron chi connectivity index (χ4n) is 3.32. The molecule has 2 aromatic carbocycles. The summed E-state index contributed by atoms with van der Waals surface area (Å²) in [7, 11) is 0. The quantitative estimate of drug-likeness (QED) is 0.240. The summed E-state index contributed by atoms with van der Waals surface area (Å²) in [6.45, 7) is 10.2. The van der Waals surface area contributed by atoms with Gasteiger partial charge in [0, 0.05) is 22.9 Å². The number of rotatable bonds is 4. The molecule has 198 valence electrons. The molecule has 2 amide bonds. The van der Waals surface area contributed by atoms with Crippen LogP contribution in [-0.2, 0) is 9.47 Å². The SMILES string of the molecule is CC(C)(C)OC(=O)/N=C(\NC(=O)OC(C)(C)C)Nc1c(C(=O)c2ccccc2)ccnc1-c1ccccc1. The Morgan fingerprint density at radius 3 is 1.95 bits per heavy atom. The zero-order valence-corrected chi connectivity index (χ0v) is 22.4. The van der Waals surface area contributed by atoms with Crippen LogP contribution in [0.4, 0.5) is 15.3 Å². The number of ether oxygens (including phenoxy) is 2. The molecule has 2 N–H and O–H groups in total. The Labute approximate surface area is 222 Å². The molecule has 0 saturated carbocycles. The van der Waals surface area contributed by atoms with E-state index in [-0.39, 0.29) is 23.0 Å². The first-order valence-corrected chi connectivity index (χ1v) is 12.1. The highest BCUT2D eigenvalue weighted by Gasteiger charge is 2.24. The first-order valence-electron chi connectivity index (χ1n) is 12.1. The molecule has 3 rings (SSSR count). The third kappa shape index (κ3) is 8.26. The predicted octanol–water partition coefficient (Wildman–Crippen LogP) is 6.21. The molecule has 0 spiro atoms. The van der Waals surface area contributed by atoms with Gasteiger partial charge in [0.1, 0.15) is 11.2 Å². The Kier molecular flexibility index (Phi) is 8.62. The standard InChI is InChI=1S/C29H32N4O5/c1-28(2,3)37-26(35)32-25(33-27(36)38-29(4,5)6)31-23-21(24(34)20-15-11-8-12-16-20)17-18-30-22(23)19-13-9-7-10-14-19/h7-18H,1-6H3,(H2,31,32,33,35,36). The van der Waals surface area contributed by atoms with E-state index >= 15 is 0 Å². The average molecular weight is 517 g/mol. The molecular weight excluding hydrogens is 484 g/mol. The number of amides is 2. The van der Waals surface area contributed by atoms with Crippen LogP contribution in [0.2, 0.25) is 0 Å². The first kappa shape index (κ1) is 28.0. The van der Waals surface area contributed by atoms with Crippen LogP contribution in [0.15, 0.2) is 77.9 Å². The third-order valence-corrected chi connectivity index (χ3v) is 4.74. The number of guanidine groups is 1. The van der Waals surface area contributed by atoms with Gasteiger partial charge < -0.3 is 14.8 Å². The van der Waals surface area contributed by atoms with Gasteiger partial charge >= 0.3 is 12.2 Å². The van der Waals surface area contributed by atoms with Crippen molar-refractivity contribution >= 4 is 29.6 Å². The van der Waals surface area contributed by atoms with Crippen molar-refractivity contribution in [3.63, 3.8) is 0 Å². The molecule has 0 fully saturated rings. The molecule has 3 aromatic rings. The first-order chi connectivity index (χ1) is 17.8. The summed E-state index contributed by atoms with van der Waals surface area (Å²) in [6.07, 6.45) is -0.277. The Hall–Kier alpha value is -4.53. The molecule has 9 heteroatoms. The van der Waals surface area contributed by atoms with Crippen LogP contribution < -0.4 is 10.6 Å². The number of hydrogen-bond acceptors (Lipinski definition) is 6. The van der Waals surface area contributed by atoms with Crippen molar-refractivity contribution in [2.45, 2.75) is 52.7 Å². The lowest BCUT2D eigenvalue weighted by molar-refractivity contribution is 0.0562. The van der Waals surface area contributed by atoms with Crippen molar-refractivity contribution in [2.24, 2.45) is 4.99 Å². The van der Waals surface area contributed by atoms with Crippen molar-refractivity contribution in [1.82, 2.24) is 10.3 Å². The Morgan fingerprint density at radius 2 is 1.37 bits per heavy atom. The minimum atomic E-state index is -0.947. The van der Waals surface area contributed by atoms with Gasteiger partial charge in [0.2, 0.25) is 5.96 Å². The van der Waals surface area contributed by atoms with Gasteiger partial charge in [0.05, 0.1) is 11.4 Å². The van der Waals surface area contributed by atoms with Gasteiger partial charge in [-0.25, -0.2) is 9.59 Å². The highest BCUT2D eigenvalue weighted by atomic mass is 16.6. The zero-order chi connectivity index (χ0) is 27.9. The Morgan fingerprint density at radius 1 is 0.789 bits per heavy atom. The van der Waals surface area contributed by atoms with Crippen LogP contribution in [0.5, 0.6) is 0 Å². The molecule has 0 bridgehead atoms. The van der Waals surface area contributed by atoms with E-state index in [9.17, 15) is 14.4 Å². The summed E-state index contributed by atoms with van der Waals surface area (Å²) in [6, 6.07) is 19.5. The van der Waals surface area contributed by atoms with E-state index in [1.165, 1.54) is 6.20 Å². The van der Waals surface area contributed by atoms with Crippen LogP contribution in [0.1, 0.15) is 57.5 Å². The summed E-state index contributed by atoms with van der Waals surface area (Å²) in [5.41, 5.74) is 0.432. The van der Waals surface area contributed by atoms with Gasteiger partial charge in [-0.1, -0.05) is 60.7 Å². The molecule has 0 aliphatic rings. The smallest absolute Gasteiger partial charge is 0.437 e. The number of aliphatic imine (C=N–C) groups is 1. The van der Waals surface area contributed by atoms with Crippen molar-refractivity contribution < 1.29 is 23.9 Å². The van der Waals surface area contributed by atoms with Gasteiger partial charge in [0.15, 0.2) is 5.78 Å². The van der Waals surface area contributed by atoms with Gasteiger partial charge in [-0.2, -0.15) is 0 Å². The monoisotopic (exact) mass is 516 g/mol. The number of carbonyl (C=O) groups excluding carboxylic acids is 3. The van der Waals surface area contributed by atoms with E-state index in [1.54, 1.807) is 71.9 Å². The lowest BCUT2D eigenvalue weighted by Crippen LogP contribution is -2.41. The normalized spacial score (nSPS) is 11.9. The number of anilines is 1. The fraction of sp³-hybridized carbons (Fsp3) is 0.276. The number of hydrogen-bond donors (Lipinski definition) is 2. The summed E-state index contributed by atoms with van der Waals surface area (Å²) >= 11 is 0. The molecule has 38 heavy (non-hydrogen) atoms. The molecule has 0 aliphatic carbocycles. The average Bonchev–Trinajstić information content (AvgIpc) is 2.82. The minimum Gasteiger partial charge on any atom is -0.444 e. The maximum Gasteiger partial charge on any atom is 0.437 e. The number of alkyl carbamates (subject to hydrolysis) is 1. The number of nitrogens with one attached hydrogen (secondary N) is 2. The van der Waals surface area contributed by atoms with E-state index in [2.05, 4.69) is 20.6 Å². The number of carbonyl (C=O) groups is 3. The van der Waals surface area contributed by atoms with E-state index in [0.29, 0.717) is 16.8 Å². The third-order valence-electron chi connectivity index (χ3n) is 4.74. The summed E-state index contributed by atoms with van der Waals surface area (Å²) in [5.74, 6) is -0.581. The highest BCUT2D eigenvalue weighted by molar-refractivity contribution is 6.17. The van der Waals surface area contributed by atoms with Crippen LogP contribution in [0, 0.1) is 0 Å². The van der Waals surface area contributed by atoms with Gasteiger partial charge in [-0.3, -0.25) is 15.1 Å². The number of nitrogens with zero attached hydrogens (tertiary/aromatic N) is 2. The summed E-state index contributed by atoms with van der Waals surface area (Å²) in [5, 5.41) is 5.41. The molecule has 1 heterocycles. The van der Waals surface area contributed by atoms with Gasteiger partial charge in [-0.05, 0) is 47.6 Å². The largest absolute Gasteiger partial charge is 0.444 e. The summed E-state index contributed by atoms with van der Waals surface area (Å²) < 4.78 is 10.7. The fourth-order valence-corrected chi connectivity index (χ4v) is 3.32. The molecule has 0 radical (unpaired) electrons. The molecule has 0 unspecified atom stereocenters. The molecule has 0 atom stereocenters. The molecule has 9 nitrogen and oxygen atoms in total. The number of benzene rings is 2. The van der Waals surface area contributed by atoms with Crippen molar-refractivity contribution in [3.8, 4) is 11.3 Å². The van der Waals surface area contributed by atoms with Crippen molar-refractivity contribution in [3.05, 3.63) is 84.1 Å². The zero-order valence-electron chi connectivity index (χ0n) is 22.4. The maximum absolute atomic E-state index is 13.5. The second kappa shape index (κ2) is 11.7. The van der Waals surface area contributed by atoms with E-state index in [1.807, 2.05) is 36.4 Å². The second-order valence-corrected chi connectivity index (χ2v) is 10.3. The van der Waals surface area contributed by atoms with Crippen LogP contribution >= 0.6 is 0 Å². The number of ketones is 1. The second-order valence-electron chi connectivity index (χ2n) is 10.3. The Bertz CT molecular complexity index is 1320. The van der Waals surface area contributed by atoms with E-state index < -0.39 is 23.4 Å². The highest BCUT2D eigenvalue weighted by Crippen LogP contribution is 2.30. The van der Waals surface area contributed by atoms with Gasteiger partial charge in [0.25, 0.3) is 0 Å². The number of aromatic nitrogens is 1. The van der Waals surface area contributed by atoms with E-state index in [0.717, 1.165) is 0 Å². The van der Waals surface area contributed by atoms with Crippen molar-refractivity contribution in [1.29, 1.82) is 0 Å².